The summed E-state index contributed by atoms with van der Waals surface area (Å²) in [5, 5.41) is 0. The summed E-state index contributed by atoms with van der Waals surface area (Å²) < 4.78 is 25.1. The quantitative estimate of drug-likeness (QED) is 0.791. The second-order valence-electron chi connectivity index (χ2n) is 6.79. The Morgan fingerprint density at radius 2 is 1.67 bits per heavy atom. The highest BCUT2D eigenvalue weighted by molar-refractivity contribution is 5.25. The largest absolute Gasteiger partial charge is 0.348 e. The van der Waals surface area contributed by atoms with Crippen LogP contribution in [0.5, 0.6) is 0 Å². The molecule has 2 fully saturated rings. The van der Waals surface area contributed by atoms with Gasteiger partial charge in [0.15, 0.2) is 6.29 Å². The summed E-state index contributed by atoms with van der Waals surface area (Å²) in [6.45, 7) is 5.64. The van der Waals surface area contributed by atoms with Crippen molar-refractivity contribution in [1.82, 2.24) is 0 Å². The molecule has 1 aromatic carbocycles. The molecule has 0 bridgehead atoms. The Labute approximate surface area is 126 Å². The van der Waals surface area contributed by atoms with E-state index in [1.54, 1.807) is 13.0 Å². The smallest absolute Gasteiger partial charge is 0.183 e. The van der Waals surface area contributed by atoms with E-state index in [0.717, 1.165) is 30.6 Å². The van der Waals surface area contributed by atoms with E-state index in [4.69, 9.17) is 9.47 Å². The first-order chi connectivity index (χ1) is 10.1. The van der Waals surface area contributed by atoms with E-state index in [1.807, 2.05) is 6.07 Å². The fraction of sp³-hybridized carbons (Fsp3) is 0.667. The van der Waals surface area contributed by atoms with Crippen molar-refractivity contribution < 1.29 is 13.9 Å². The Kier molecular flexibility index (Phi) is 4.60. The van der Waals surface area contributed by atoms with E-state index < -0.39 is 0 Å². The number of halogens is 1. The third-order valence-electron chi connectivity index (χ3n) is 5.10. The highest BCUT2D eigenvalue weighted by atomic mass is 19.1. The Morgan fingerprint density at radius 1 is 1.00 bits per heavy atom. The van der Waals surface area contributed by atoms with Crippen LogP contribution in [-0.4, -0.2) is 13.2 Å². The van der Waals surface area contributed by atoms with Gasteiger partial charge in [0.2, 0.25) is 0 Å². The zero-order valence-electron chi connectivity index (χ0n) is 13.0. The van der Waals surface area contributed by atoms with Crippen LogP contribution in [0.3, 0.4) is 0 Å². The average molecular weight is 292 g/mol. The van der Waals surface area contributed by atoms with Crippen LogP contribution >= 0.6 is 0 Å². The van der Waals surface area contributed by atoms with Gasteiger partial charge < -0.3 is 9.47 Å². The summed E-state index contributed by atoms with van der Waals surface area (Å²) in [6, 6.07) is 5.07. The molecule has 0 N–H and O–H groups in total. The third-order valence-corrected chi connectivity index (χ3v) is 5.10. The van der Waals surface area contributed by atoms with Gasteiger partial charge in [-0.05, 0) is 49.3 Å². The van der Waals surface area contributed by atoms with Crippen molar-refractivity contribution in [3.05, 3.63) is 35.1 Å². The van der Waals surface area contributed by atoms with Crippen molar-refractivity contribution in [3.63, 3.8) is 0 Å². The maximum Gasteiger partial charge on any atom is 0.183 e. The highest BCUT2D eigenvalue weighted by Gasteiger charge is 2.31. The Bertz CT molecular complexity index is 472. The second kappa shape index (κ2) is 6.45. The SMILES string of the molecule is Cc1cc(C2OCC(C3CCC(C)CC3)CO2)ccc1F. The molecule has 0 spiro atoms. The van der Waals surface area contributed by atoms with Crippen molar-refractivity contribution in [2.24, 2.45) is 17.8 Å². The summed E-state index contributed by atoms with van der Waals surface area (Å²) in [7, 11) is 0. The first kappa shape index (κ1) is 15.0. The highest BCUT2D eigenvalue weighted by Crippen LogP contribution is 2.37. The van der Waals surface area contributed by atoms with Gasteiger partial charge in [-0.3, -0.25) is 0 Å². The molecule has 116 valence electrons. The maximum atomic E-state index is 13.3. The molecule has 0 radical (unpaired) electrons. The molecule has 1 aliphatic carbocycles. The minimum Gasteiger partial charge on any atom is -0.348 e. The summed E-state index contributed by atoms with van der Waals surface area (Å²) in [5.74, 6) is 1.97. The summed E-state index contributed by atoms with van der Waals surface area (Å²) in [5.41, 5.74) is 1.56. The lowest BCUT2D eigenvalue weighted by atomic mass is 9.76. The first-order valence-electron chi connectivity index (χ1n) is 8.12. The molecule has 2 nitrogen and oxygen atoms in total. The van der Waals surface area contributed by atoms with Crippen molar-refractivity contribution in [2.75, 3.05) is 13.2 Å². The van der Waals surface area contributed by atoms with Gasteiger partial charge >= 0.3 is 0 Å². The molecular formula is C18H25FO2. The molecule has 1 heterocycles. The molecule has 0 atom stereocenters. The Balaban J connectivity index is 1.56. The van der Waals surface area contributed by atoms with Gasteiger partial charge in [0.1, 0.15) is 5.82 Å². The second-order valence-corrected chi connectivity index (χ2v) is 6.79. The van der Waals surface area contributed by atoms with Gasteiger partial charge in [-0.15, -0.1) is 0 Å². The van der Waals surface area contributed by atoms with Crippen molar-refractivity contribution in [1.29, 1.82) is 0 Å². The monoisotopic (exact) mass is 292 g/mol. The number of hydrogen-bond donors (Lipinski definition) is 0. The number of ether oxygens (including phenoxy) is 2. The summed E-state index contributed by atoms with van der Waals surface area (Å²) in [4.78, 5) is 0. The molecule has 0 amide bonds. The fourth-order valence-corrected chi connectivity index (χ4v) is 3.55. The van der Waals surface area contributed by atoms with Crippen LogP contribution in [0.2, 0.25) is 0 Å². The molecule has 1 aromatic rings. The molecule has 1 saturated heterocycles. The first-order valence-corrected chi connectivity index (χ1v) is 8.12. The van der Waals surface area contributed by atoms with E-state index in [9.17, 15) is 4.39 Å². The van der Waals surface area contributed by atoms with Crippen molar-refractivity contribution in [3.8, 4) is 0 Å². The van der Waals surface area contributed by atoms with E-state index in [2.05, 4.69) is 6.92 Å². The lowest BCUT2D eigenvalue weighted by molar-refractivity contribution is -0.214. The Hall–Kier alpha value is -0.930. The van der Waals surface area contributed by atoms with Gasteiger partial charge in [0.05, 0.1) is 13.2 Å². The summed E-state index contributed by atoms with van der Waals surface area (Å²) >= 11 is 0. The molecule has 3 heteroatoms. The average Bonchev–Trinajstić information content (AvgIpc) is 2.51. The van der Waals surface area contributed by atoms with Gasteiger partial charge in [-0.1, -0.05) is 25.8 Å². The topological polar surface area (TPSA) is 18.5 Å². The van der Waals surface area contributed by atoms with Crippen LogP contribution in [0, 0.1) is 30.5 Å². The maximum absolute atomic E-state index is 13.3. The minimum atomic E-state index is -0.330. The van der Waals surface area contributed by atoms with Gasteiger partial charge in [0, 0.05) is 11.5 Å². The fourth-order valence-electron chi connectivity index (χ4n) is 3.55. The van der Waals surface area contributed by atoms with Gasteiger partial charge in [0.25, 0.3) is 0 Å². The van der Waals surface area contributed by atoms with E-state index in [0.29, 0.717) is 11.5 Å². The Morgan fingerprint density at radius 3 is 2.29 bits per heavy atom. The number of rotatable bonds is 2. The molecule has 21 heavy (non-hydrogen) atoms. The molecular weight excluding hydrogens is 267 g/mol. The molecule has 2 aliphatic rings. The zero-order chi connectivity index (χ0) is 14.8. The van der Waals surface area contributed by atoms with Gasteiger partial charge in [-0.2, -0.15) is 0 Å². The molecule has 1 aliphatic heterocycles. The third kappa shape index (κ3) is 3.46. The normalized spacial score (nSPS) is 33.9. The van der Waals surface area contributed by atoms with Crippen LogP contribution in [-0.2, 0) is 9.47 Å². The molecule has 0 unspecified atom stereocenters. The van der Waals surface area contributed by atoms with E-state index >= 15 is 0 Å². The number of benzene rings is 1. The lowest BCUT2D eigenvalue weighted by Gasteiger charge is -2.37. The number of hydrogen-bond acceptors (Lipinski definition) is 2. The van der Waals surface area contributed by atoms with Crippen LogP contribution in [0.25, 0.3) is 0 Å². The molecule has 3 rings (SSSR count). The predicted octanol–water partition coefficient (Wildman–Crippen LogP) is 4.62. The summed E-state index contributed by atoms with van der Waals surface area (Å²) in [6.07, 6.45) is 4.95. The van der Waals surface area contributed by atoms with Gasteiger partial charge in [-0.25, -0.2) is 4.39 Å². The molecule has 1 saturated carbocycles. The van der Waals surface area contributed by atoms with Crippen LogP contribution in [0.15, 0.2) is 18.2 Å². The number of aryl methyl sites for hydroxylation is 1. The van der Waals surface area contributed by atoms with Crippen LogP contribution < -0.4 is 0 Å². The van der Waals surface area contributed by atoms with E-state index in [1.165, 1.54) is 31.7 Å². The van der Waals surface area contributed by atoms with Crippen molar-refractivity contribution >= 4 is 0 Å². The van der Waals surface area contributed by atoms with E-state index in [-0.39, 0.29) is 12.1 Å². The lowest BCUT2D eigenvalue weighted by Crippen LogP contribution is -2.34. The molecule has 0 aromatic heterocycles. The zero-order valence-corrected chi connectivity index (χ0v) is 13.0. The van der Waals surface area contributed by atoms with Crippen LogP contribution in [0.1, 0.15) is 50.0 Å². The minimum absolute atomic E-state index is 0.177. The van der Waals surface area contributed by atoms with Crippen molar-refractivity contribution in [2.45, 2.75) is 45.8 Å². The predicted molar refractivity (Wildman–Crippen MR) is 80.4 cm³/mol. The standard InChI is InChI=1S/C18H25FO2/c1-12-3-5-14(6-4-12)16-10-20-18(21-11-16)15-7-8-17(19)13(2)9-15/h7-9,12,14,16,18H,3-6,10-11H2,1-2H3. The van der Waals surface area contributed by atoms with Crippen LogP contribution in [0.4, 0.5) is 4.39 Å².